The van der Waals surface area contributed by atoms with Gasteiger partial charge in [0.05, 0.1) is 30.5 Å². The molecule has 0 spiro atoms. The van der Waals surface area contributed by atoms with E-state index < -0.39 is 0 Å². The Morgan fingerprint density at radius 1 is 1.17 bits per heavy atom. The van der Waals surface area contributed by atoms with Gasteiger partial charge in [0.25, 0.3) is 0 Å². The quantitative estimate of drug-likeness (QED) is 0.730. The van der Waals surface area contributed by atoms with E-state index in [2.05, 4.69) is 45.0 Å². The second kappa shape index (κ2) is 12.7. The number of nitrogens with one attached hydrogen (secondary N) is 3. The minimum absolute atomic E-state index is 0.250. The van der Waals surface area contributed by atoms with Crippen molar-refractivity contribution >= 4 is 11.0 Å². The van der Waals surface area contributed by atoms with E-state index in [-0.39, 0.29) is 6.67 Å². The lowest BCUT2D eigenvalue weighted by Gasteiger charge is -2.18. The summed E-state index contributed by atoms with van der Waals surface area (Å²) in [5, 5.41) is 9.78. The minimum Gasteiger partial charge on any atom is -0.495 e. The summed E-state index contributed by atoms with van der Waals surface area (Å²) in [5.41, 5.74) is 5.14. The molecule has 2 aromatic rings. The molecule has 3 heterocycles. The first-order chi connectivity index (χ1) is 14.2. The van der Waals surface area contributed by atoms with Crippen LogP contribution in [0.25, 0.3) is 11.0 Å². The van der Waals surface area contributed by atoms with Gasteiger partial charge in [-0.3, -0.25) is 14.4 Å². The molecule has 29 heavy (non-hydrogen) atoms. The predicted octanol–water partition coefficient (Wildman–Crippen LogP) is 3.35. The van der Waals surface area contributed by atoms with Crippen LogP contribution in [0.15, 0.2) is 48.3 Å². The molecule has 2 aliphatic rings. The summed E-state index contributed by atoms with van der Waals surface area (Å²) in [4.78, 5) is 8.74. The van der Waals surface area contributed by atoms with E-state index in [0.717, 1.165) is 34.6 Å². The van der Waals surface area contributed by atoms with Crippen LogP contribution in [0.5, 0.6) is 0 Å². The highest BCUT2D eigenvalue weighted by molar-refractivity contribution is 5.78. The molecule has 4 rings (SSSR count). The molecule has 1 fully saturated rings. The summed E-state index contributed by atoms with van der Waals surface area (Å²) in [7, 11) is 1.68. The van der Waals surface area contributed by atoms with E-state index >= 15 is 0 Å². The van der Waals surface area contributed by atoms with Crippen molar-refractivity contribution in [2.45, 2.75) is 33.2 Å². The highest BCUT2D eigenvalue weighted by Crippen LogP contribution is 2.17. The molecule has 7 heteroatoms. The maximum absolute atomic E-state index is 10.3. The van der Waals surface area contributed by atoms with Crippen LogP contribution in [0.1, 0.15) is 30.9 Å². The normalized spacial score (nSPS) is 15.0. The van der Waals surface area contributed by atoms with Gasteiger partial charge in [-0.25, -0.2) is 0 Å². The number of halogens is 1. The molecule has 158 valence electrons. The second-order valence-electron chi connectivity index (χ2n) is 6.65. The van der Waals surface area contributed by atoms with Crippen LogP contribution < -0.4 is 16.0 Å². The number of nitrogens with zero attached hydrogens (tertiary/aromatic N) is 2. The van der Waals surface area contributed by atoms with E-state index in [1.807, 2.05) is 12.3 Å². The van der Waals surface area contributed by atoms with Crippen molar-refractivity contribution in [1.29, 1.82) is 0 Å². The topological polar surface area (TPSA) is 71.1 Å². The number of dihydropyridines is 1. The third-order valence-electron chi connectivity index (χ3n) is 4.40. The first-order valence-electron chi connectivity index (χ1n) is 10.1. The monoisotopic (exact) mass is 401 g/mol. The lowest BCUT2D eigenvalue weighted by molar-refractivity contribution is 0.291. The molecule has 0 unspecified atom stereocenters. The molecular weight excluding hydrogens is 369 g/mol. The van der Waals surface area contributed by atoms with Crippen LogP contribution in [0.3, 0.4) is 0 Å². The van der Waals surface area contributed by atoms with Gasteiger partial charge >= 0.3 is 0 Å². The highest BCUT2D eigenvalue weighted by atomic mass is 19.1. The Labute approximate surface area is 172 Å². The van der Waals surface area contributed by atoms with Crippen molar-refractivity contribution in [1.82, 2.24) is 25.9 Å². The van der Waals surface area contributed by atoms with Crippen LogP contribution in [0.2, 0.25) is 0 Å². The number of ether oxygens (including phenoxy) is 1. The number of rotatable bonds is 4. The van der Waals surface area contributed by atoms with Gasteiger partial charge in [0.15, 0.2) is 0 Å². The maximum Gasteiger partial charge on any atom is 0.141 e. The predicted molar refractivity (Wildman–Crippen MR) is 116 cm³/mol. The van der Waals surface area contributed by atoms with Crippen molar-refractivity contribution in [3.05, 3.63) is 59.4 Å². The summed E-state index contributed by atoms with van der Waals surface area (Å²) in [5.74, 6) is 0.867. The molecule has 3 N–H and O–H groups in total. The average Bonchev–Trinajstić information content (AvgIpc) is 3.33. The summed E-state index contributed by atoms with van der Waals surface area (Å²) in [6.45, 7) is 7.27. The Bertz CT molecular complexity index is 810. The molecule has 0 amide bonds. The lowest BCUT2D eigenvalue weighted by atomic mass is 10.1. The molecule has 2 aliphatic heterocycles. The van der Waals surface area contributed by atoms with E-state index in [0.29, 0.717) is 6.54 Å². The maximum atomic E-state index is 10.3. The van der Waals surface area contributed by atoms with E-state index in [9.17, 15) is 4.39 Å². The summed E-state index contributed by atoms with van der Waals surface area (Å²) in [6.07, 6.45) is 10.2. The second-order valence-corrected chi connectivity index (χ2v) is 6.65. The SMILES string of the molecule is C1CCNC1.CCF.COC1=CCNC=C1NCc1cc(C)c2nccnc2c1. The molecule has 0 saturated carbocycles. The van der Waals surface area contributed by atoms with Gasteiger partial charge in [-0.1, -0.05) is 6.07 Å². The molecular formula is C22H32FN5O. The fourth-order valence-electron chi connectivity index (χ4n) is 3.07. The first kappa shape index (κ1) is 22.6. The van der Waals surface area contributed by atoms with Gasteiger partial charge in [-0.2, -0.15) is 0 Å². The van der Waals surface area contributed by atoms with Crippen molar-refractivity contribution in [3.8, 4) is 0 Å². The molecule has 6 nitrogen and oxygen atoms in total. The average molecular weight is 402 g/mol. The molecule has 0 bridgehead atoms. The Balaban J connectivity index is 0.000000316. The number of aromatic nitrogens is 2. The zero-order chi connectivity index (χ0) is 20.9. The number of benzene rings is 1. The molecule has 1 aromatic carbocycles. The summed E-state index contributed by atoms with van der Waals surface area (Å²) in [6, 6.07) is 4.20. The Hall–Kier alpha value is -2.67. The van der Waals surface area contributed by atoms with Crippen LogP contribution in [-0.2, 0) is 11.3 Å². The van der Waals surface area contributed by atoms with Crippen LogP contribution in [0.4, 0.5) is 4.39 Å². The summed E-state index contributed by atoms with van der Waals surface area (Å²) >= 11 is 0. The molecule has 1 saturated heterocycles. The lowest BCUT2D eigenvalue weighted by Crippen LogP contribution is -2.23. The largest absolute Gasteiger partial charge is 0.495 e. The molecule has 0 atom stereocenters. The smallest absolute Gasteiger partial charge is 0.141 e. The summed E-state index contributed by atoms with van der Waals surface area (Å²) < 4.78 is 15.6. The Kier molecular flexibility index (Phi) is 9.92. The third kappa shape index (κ3) is 7.34. The van der Waals surface area contributed by atoms with Gasteiger partial charge < -0.3 is 20.7 Å². The number of aryl methyl sites for hydroxylation is 1. The van der Waals surface area contributed by atoms with Crippen molar-refractivity contribution in [3.63, 3.8) is 0 Å². The van der Waals surface area contributed by atoms with Crippen molar-refractivity contribution < 1.29 is 9.13 Å². The standard InChI is InChI=1S/C16H18N4O.C4H9N.C2H5F/c1-11-7-12(8-13-16(11)19-6-5-18-13)9-20-14-10-17-4-3-15(14)21-2;1-2-4-5-3-1;1-2-3/h3,5-8,10,17,20H,4,9H2,1-2H3;5H,1-4H2;2H2,1H3. The third-order valence-corrected chi connectivity index (χ3v) is 4.40. The zero-order valence-corrected chi connectivity index (χ0v) is 17.6. The van der Waals surface area contributed by atoms with Crippen molar-refractivity contribution in [2.75, 3.05) is 33.4 Å². The van der Waals surface area contributed by atoms with Gasteiger partial charge in [0.2, 0.25) is 0 Å². The van der Waals surface area contributed by atoms with Crippen LogP contribution in [-0.4, -0.2) is 43.4 Å². The number of methoxy groups -OCH3 is 1. The van der Waals surface area contributed by atoms with Crippen LogP contribution in [0, 0.1) is 6.92 Å². The Morgan fingerprint density at radius 3 is 2.55 bits per heavy atom. The van der Waals surface area contributed by atoms with Gasteiger partial charge in [0.1, 0.15) is 5.76 Å². The van der Waals surface area contributed by atoms with E-state index in [4.69, 9.17) is 4.74 Å². The first-order valence-corrected chi connectivity index (χ1v) is 10.1. The van der Waals surface area contributed by atoms with Gasteiger partial charge in [0, 0.05) is 31.7 Å². The van der Waals surface area contributed by atoms with E-state index in [1.165, 1.54) is 38.4 Å². The number of hydrogen-bond donors (Lipinski definition) is 3. The highest BCUT2D eigenvalue weighted by Gasteiger charge is 2.09. The van der Waals surface area contributed by atoms with Gasteiger partial charge in [-0.15, -0.1) is 0 Å². The molecule has 0 aliphatic carbocycles. The fourth-order valence-corrected chi connectivity index (χ4v) is 3.07. The number of hydrogen-bond acceptors (Lipinski definition) is 6. The van der Waals surface area contributed by atoms with E-state index in [1.54, 1.807) is 19.5 Å². The van der Waals surface area contributed by atoms with Crippen molar-refractivity contribution in [2.24, 2.45) is 0 Å². The Morgan fingerprint density at radius 2 is 1.90 bits per heavy atom. The zero-order valence-electron chi connectivity index (χ0n) is 17.6. The fraction of sp³-hybridized carbons (Fsp3) is 0.455. The van der Waals surface area contributed by atoms with Gasteiger partial charge in [-0.05, 0) is 63.0 Å². The number of alkyl halides is 1. The molecule has 0 radical (unpaired) electrons. The number of fused-ring (bicyclic) bond motifs is 1. The van der Waals surface area contributed by atoms with Crippen LogP contribution >= 0.6 is 0 Å². The molecule has 1 aromatic heterocycles. The minimum atomic E-state index is -0.250.